The van der Waals surface area contributed by atoms with Crippen molar-refractivity contribution in [1.82, 2.24) is 0 Å². The van der Waals surface area contributed by atoms with Gasteiger partial charge in [-0.15, -0.1) is 0 Å². The maximum absolute atomic E-state index is 2.58. The molecule has 0 aromatic heterocycles. The molecule has 4 rings (SSSR count). The van der Waals surface area contributed by atoms with Gasteiger partial charge in [-0.05, 0) is 62.5 Å². The molecular weight excluding hydrogens is 372 g/mol. The first-order valence-corrected chi connectivity index (χ1v) is 12.4. The molecule has 166 valence electrons. The van der Waals surface area contributed by atoms with Crippen LogP contribution in [0, 0.1) is 5.41 Å². The van der Waals surface area contributed by atoms with Gasteiger partial charge in [-0.1, -0.05) is 123 Å². The Kier molecular flexibility index (Phi) is 5.52. The quantitative estimate of drug-likeness (QED) is 0.459. The Bertz CT molecular complexity index is 965. The van der Waals surface area contributed by atoms with Gasteiger partial charge in [0.1, 0.15) is 0 Å². The number of fused-ring (bicyclic) bond motifs is 1. The summed E-state index contributed by atoms with van der Waals surface area (Å²) in [6.07, 6.45) is 9.45. The molecule has 1 saturated carbocycles. The van der Waals surface area contributed by atoms with Crippen molar-refractivity contribution >= 4 is 6.08 Å². The zero-order chi connectivity index (χ0) is 22.6. The molecule has 31 heavy (non-hydrogen) atoms. The van der Waals surface area contributed by atoms with Crippen LogP contribution in [0.1, 0.15) is 116 Å². The summed E-state index contributed by atoms with van der Waals surface area (Å²) in [5.41, 5.74) is 11.0. The van der Waals surface area contributed by atoms with Gasteiger partial charge in [0.2, 0.25) is 0 Å². The van der Waals surface area contributed by atoms with Crippen LogP contribution in [0.5, 0.6) is 0 Å². The highest BCUT2D eigenvalue weighted by atomic mass is 14.4. The highest BCUT2D eigenvalue weighted by Crippen LogP contribution is 2.53. The van der Waals surface area contributed by atoms with E-state index in [1.165, 1.54) is 65.5 Å². The van der Waals surface area contributed by atoms with Crippen molar-refractivity contribution in [3.8, 4) is 11.1 Å². The Hall–Kier alpha value is -1.82. The molecule has 0 N–H and O–H groups in total. The third-order valence-electron chi connectivity index (χ3n) is 8.00. The van der Waals surface area contributed by atoms with Crippen molar-refractivity contribution in [1.29, 1.82) is 0 Å². The van der Waals surface area contributed by atoms with Gasteiger partial charge in [0.25, 0.3) is 0 Å². The predicted octanol–water partition coefficient (Wildman–Crippen LogP) is 9.42. The van der Waals surface area contributed by atoms with Crippen LogP contribution < -0.4 is 0 Å². The van der Waals surface area contributed by atoms with Crippen LogP contribution in [0.25, 0.3) is 17.2 Å². The Morgan fingerprint density at radius 1 is 0.806 bits per heavy atom. The van der Waals surface area contributed by atoms with E-state index in [1.807, 2.05) is 0 Å². The number of hydrogen-bond acceptors (Lipinski definition) is 0. The zero-order valence-corrected chi connectivity index (χ0v) is 21.2. The summed E-state index contributed by atoms with van der Waals surface area (Å²) in [6, 6.07) is 14.3. The lowest BCUT2D eigenvalue weighted by molar-refractivity contribution is 0.259. The Morgan fingerprint density at radius 3 is 1.94 bits per heavy atom. The summed E-state index contributed by atoms with van der Waals surface area (Å²) in [4.78, 5) is 0. The van der Waals surface area contributed by atoms with Gasteiger partial charge in [-0.2, -0.15) is 0 Å². The normalized spacial score (nSPS) is 21.0. The second-order valence-electron chi connectivity index (χ2n) is 12.6. The lowest BCUT2D eigenvalue weighted by Gasteiger charge is -2.37. The average molecular weight is 415 g/mol. The molecule has 0 aliphatic heterocycles. The van der Waals surface area contributed by atoms with Crippen molar-refractivity contribution in [3.63, 3.8) is 0 Å². The molecule has 2 aliphatic carbocycles. The van der Waals surface area contributed by atoms with E-state index in [-0.39, 0.29) is 10.8 Å². The third-order valence-corrected chi connectivity index (χ3v) is 8.00. The zero-order valence-electron chi connectivity index (χ0n) is 21.2. The minimum atomic E-state index is 0.137. The van der Waals surface area contributed by atoms with Crippen molar-refractivity contribution in [2.24, 2.45) is 5.41 Å². The maximum Gasteiger partial charge on any atom is 0.00347 e. The molecule has 1 unspecified atom stereocenters. The monoisotopic (exact) mass is 414 g/mol. The van der Waals surface area contributed by atoms with Crippen molar-refractivity contribution in [2.75, 3.05) is 0 Å². The maximum atomic E-state index is 2.58. The molecule has 1 atom stereocenters. The number of benzene rings is 2. The van der Waals surface area contributed by atoms with Gasteiger partial charge in [0.05, 0.1) is 0 Å². The summed E-state index contributed by atoms with van der Waals surface area (Å²) < 4.78 is 0. The van der Waals surface area contributed by atoms with Gasteiger partial charge in [-0.3, -0.25) is 0 Å². The second kappa shape index (κ2) is 7.65. The second-order valence-corrected chi connectivity index (χ2v) is 12.6. The third kappa shape index (κ3) is 4.15. The highest BCUT2D eigenvalue weighted by Gasteiger charge is 2.37. The van der Waals surface area contributed by atoms with Crippen LogP contribution >= 0.6 is 0 Å². The number of allylic oxidation sites excluding steroid dienone is 1. The van der Waals surface area contributed by atoms with E-state index in [9.17, 15) is 0 Å². The van der Waals surface area contributed by atoms with E-state index in [0.717, 1.165) is 0 Å². The van der Waals surface area contributed by atoms with Crippen LogP contribution in [0.15, 0.2) is 42.0 Å². The van der Waals surface area contributed by atoms with Crippen LogP contribution in [0.3, 0.4) is 0 Å². The highest BCUT2D eigenvalue weighted by molar-refractivity contribution is 5.83. The summed E-state index contributed by atoms with van der Waals surface area (Å²) in [5.74, 6) is 0.533. The van der Waals surface area contributed by atoms with E-state index in [4.69, 9.17) is 0 Å². The largest absolute Gasteiger partial charge is 0.0613 e. The van der Waals surface area contributed by atoms with E-state index in [0.29, 0.717) is 11.3 Å². The number of hydrogen-bond donors (Lipinski definition) is 0. The first kappa shape index (κ1) is 22.4. The van der Waals surface area contributed by atoms with Gasteiger partial charge in [-0.25, -0.2) is 0 Å². The fraction of sp³-hybridized carbons (Fsp3) is 0.548. The standard InChI is InChI=1S/C31H42/c1-21-25-13-12-14-26(27(25)20-28(21)31(8)15-10-9-11-16-31)22-17-23(29(2,3)4)19-24(18-22)30(5,6)7/h12-14,17-21H,9-11,15-16H2,1-8H3. The van der Waals surface area contributed by atoms with Gasteiger partial charge in [0.15, 0.2) is 0 Å². The molecule has 2 aromatic carbocycles. The van der Waals surface area contributed by atoms with Crippen LogP contribution in [-0.4, -0.2) is 0 Å². The van der Waals surface area contributed by atoms with Crippen molar-refractivity contribution in [3.05, 3.63) is 64.2 Å². The van der Waals surface area contributed by atoms with Crippen LogP contribution in [-0.2, 0) is 10.8 Å². The molecule has 1 fully saturated rings. The summed E-state index contributed by atoms with van der Waals surface area (Å²) in [5, 5.41) is 0. The SMILES string of the molecule is CC1C(C2(C)CCCCC2)=Cc2c(-c3cc(C(C)(C)C)cc(C(C)(C)C)c3)cccc21. The average Bonchev–Trinajstić information content (AvgIpc) is 3.04. The predicted molar refractivity (Wildman–Crippen MR) is 137 cm³/mol. The first-order chi connectivity index (χ1) is 14.4. The molecule has 0 bridgehead atoms. The molecular formula is C31H42. The molecule has 0 heteroatoms. The minimum Gasteiger partial charge on any atom is -0.0613 e. The molecule has 2 aromatic rings. The Labute approximate surface area is 191 Å². The van der Waals surface area contributed by atoms with E-state index in [1.54, 1.807) is 5.57 Å². The molecule has 0 saturated heterocycles. The molecule has 2 aliphatic rings. The summed E-state index contributed by atoms with van der Waals surface area (Å²) >= 11 is 0. The van der Waals surface area contributed by atoms with Crippen LogP contribution in [0.4, 0.5) is 0 Å². The van der Waals surface area contributed by atoms with Crippen molar-refractivity contribution in [2.45, 2.75) is 104 Å². The minimum absolute atomic E-state index is 0.137. The molecule has 0 heterocycles. The molecule has 0 nitrogen and oxygen atoms in total. The van der Waals surface area contributed by atoms with E-state index < -0.39 is 0 Å². The van der Waals surface area contributed by atoms with E-state index in [2.05, 4.69) is 97.9 Å². The summed E-state index contributed by atoms with van der Waals surface area (Å²) in [7, 11) is 0. The fourth-order valence-electron chi connectivity index (χ4n) is 5.79. The smallest absolute Gasteiger partial charge is 0.00347 e. The van der Waals surface area contributed by atoms with Gasteiger partial charge in [0, 0.05) is 5.92 Å². The van der Waals surface area contributed by atoms with Crippen molar-refractivity contribution < 1.29 is 0 Å². The summed E-state index contributed by atoms with van der Waals surface area (Å²) in [6.45, 7) is 19.0. The molecule has 0 amide bonds. The number of rotatable bonds is 2. The molecule has 0 radical (unpaired) electrons. The topological polar surface area (TPSA) is 0 Å². The van der Waals surface area contributed by atoms with Gasteiger partial charge >= 0.3 is 0 Å². The molecule has 0 spiro atoms. The lowest BCUT2D eigenvalue weighted by Crippen LogP contribution is -2.24. The van der Waals surface area contributed by atoms with E-state index >= 15 is 0 Å². The lowest BCUT2D eigenvalue weighted by atomic mass is 9.67. The fourth-order valence-corrected chi connectivity index (χ4v) is 5.79. The Balaban J connectivity index is 1.87. The first-order valence-electron chi connectivity index (χ1n) is 12.4. The van der Waals surface area contributed by atoms with Gasteiger partial charge < -0.3 is 0 Å². The van der Waals surface area contributed by atoms with Crippen LogP contribution in [0.2, 0.25) is 0 Å². The Morgan fingerprint density at radius 2 is 1.39 bits per heavy atom.